The Hall–Kier alpha value is -1.25. The molecule has 1 rings (SSSR count). The minimum Gasteiger partial charge on any atom is -0.463 e. The van der Waals surface area contributed by atoms with Gasteiger partial charge in [-0.05, 0) is 39.3 Å². The lowest BCUT2D eigenvalue weighted by atomic mass is 10.1. The highest BCUT2D eigenvalue weighted by Gasteiger charge is 2.06. The smallest absolute Gasteiger partial charge is 0.149 e. The summed E-state index contributed by atoms with van der Waals surface area (Å²) in [7, 11) is 0. The minimum atomic E-state index is -0.00298. The van der Waals surface area contributed by atoms with Gasteiger partial charge in [0.05, 0.1) is 12.5 Å². The fourth-order valence-electron chi connectivity index (χ4n) is 0.801. The van der Waals surface area contributed by atoms with Gasteiger partial charge in [0.15, 0.2) is 0 Å². The number of nitrogens with zero attached hydrogens (tertiary/aromatic N) is 1. The predicted octanol–water partition coefficient (Wildman–Crippen LogP) is 2.31. The van der Waals surface area contributed by atoms with Gasteiger partial charge < -0.3 is 9.84 Å². The second-order valence-corrected chi connectivity index (χ2v) is 4.09. The third-order valence-corrected chi connectivity index (χ3v) is 1.48. The average Bonchev–Trinajstić information content (AvgIpc) is 2.34. The second kappa shape index (κ2) is 3.64. The highest BCUT2D eigenvalue weighted by molar-refractivity contribution is 5.77. The van der Waals surface area contributed by atoms with E-state index in [-0.39, 0.29) is 5.54 Å². The van der Waals surface area contributed by atoms with Crippen LogP contribution >= 0.6 is 0 Å². The van der Waals surface area contributed by atoms with Gasteiger partial charge in [-0.15, -0.1) is 0 Å². The Labute approximate surface area is 78.8 Å². The summed E-state index contributed by atoms with van der Waals surface area (Å²) in [4.78, 5) is 0. The van der Waals surface area contributed by atoms with Gasteiger partial charge in [0, 0.05) is 5.54 Å². The van der Waals surface area contributed by atoms with E-state index in [2.05, 4.69) is 31.3 Å². The molecule has 1 aromatic rings. The van der Waals surface area contributed by atoms with Gasteiger partial charge >= 0.3 is 0 Å². The van der Waals surface area contributed by atoms with E-state index in [1.807, 2.05) is 13.0 Å². The molecule has 1 heterocycles. The number of rotatable bonds is 2. The van der Waals surface area contributed by atoms with Gasteiger partial charge in [0.2, 0.25) is 0 Å². The zero-order valence-corrected chi connectivity index (χ0v) is 8.59. The molecule has 0 saturated carbocycles. The van der Waals surface area contributed by atoms with E-state index in [0.29, 0.717) is 0 Å². The summed E-state index contributed by atoms with van der Waals surface area (Å²) in [5, 5.41) is 4.08. The van der Waals surface area contributed by atoms with Crippen LogP contribution in [0.25, 0.3) is 0 Å². The third-order valence-electron chi connectivity index (χ3n) is 1.48. The highest BCUT2D eigenvalue weighted by Crippen LogP contribution is 2.05. The number of nitrogens with one attached hydrogen (secondary N) is 1. The summed E-state index contributed by atoms with van der Waals surface area (Å²) >= 11 is 0. The topological polar surface area (TPSA) is 37.5 Å². The van der Waals surface area contributed by atoms with Crippen LogP contribution in [0.4, 0.5) is 0 Å². The van der Waals surface area contributed by atoms with Crippen LogP contribution in [0.2, 0.25) is 0 Å². The molecule has 0 bridgehead atoms. The summed E-state index contributed by atoms with van der Waals surface area (Å²) in [6.07, 6.45) is 3.36. The van der Waals surface area contributed by atoms with Crippen molar-refractivity contribution in [2.24, 2.45) is 5.10 Å². The van der Waals surface area contributed by atoms with Gasteiger partial charge in [-0.3, -0.25) is 0 Å². The Bertz CT molecular complexity index is 294. The van der Waals surface area contributed by atoms with Gasteiger partial charge in [-0.25, -0.2) is 0 Å². The standard InChI is InChI=1S/C10H16N2O/c1-8-5-6-13-9(8)7-11-12-10(2,3)4/h5-7,12H,1-4H3/b11-7+. The maximum absolute atomic E-state index is 5.19. The molecule has 0 aliphatic rings. The molecule has 72 valence electrons. The van der Waals surface area contributed by atoms with Crippen LogP contribution < -0.4 is 5.43 Å². The quantitative estimate of drug-likeness (QED) is 0.560. The Morgan fingerprint density at radius 3 is 2.62 bits per heavy atom. The van der Waals surface area contributed by atoms with E-state index in [4.69, 9.17) is 4.42 Å². The van der Waals surface area contributed by atoms with E-state index in [1.54, 1.807) is 12.5 Å². The van der Waals surface area contributed by atoms with Crippen molar-refractivity contribution in [3.63, 3.8) is 0 Å². The first-order valence-electron chi connectivity index (χ1n) is 4.33. The Morgan fingerprint density at radius 2 is 2.15 bits per heavy atom. The van der Waals surface area contributed by atoms with Crippen LogP contribution in [0.5, 0.6) is 0 Å². The number of furan rings is 1. The second-order valence-electron chi connectivity index (χ2n) is 4.09. The number of hydrazone groups is 1. The molecule has 13 heavy (non-hydrogen) atoms. The normalized spacial score (nSPS) is 12.3. The maximum atomic E-state index is 5.19. The van der Waals surface area contributed by atoms with Crippen LogP contribution in [0.3, 0.4) is 0 Å². The number of hydrogen-bond acceptors (Lipinski definition) is 3. The van der Waals surface area contributed by atoms with Crippen molar-refractivity contribution in [3.8, 4) is 0 Å². The Morgan fingerprint density at radius 1 is 1.46 bits per heavy atom. The highest BCUT2D eigenvalue weighted by atomic mass is 16.3. The fraction of sp³-hybridized carbons (Fsp3) is 0.500. The van der Waals surface area contributed by atoms with Crippen molar-refractivity contribution in [2.45, 2.75) is 33.2 Å². The molecular formula is C10H16N2O. The molecule has 0 unspecified atom stereocenters. The van der Waals surface area contributed by atoms with Crippen LogP contribution in [-0.4, -0.2) is 11.8 Å². The van der Waals surface area contributed by atoms with Crippen molar-refractivity contribution in [1.29, 1.82) is 0 Å². The molecule has 0 aliphatic heterocycles. The summed E-state index contributed by atoms with van der Waals surface area (Å²) in [5.74, 6) is 0.803. The predicted molar refractivity (Wildman–Crippen MR) is 53.9 cm³/mol. The molecule has 0 aromatic carbocycles. The molecular weight excluding hydrogens is 164 g/mol. The third kappa shape index (κ3) is 3.32. The van der Waals surface area contributed by atoms with Crippen LogP contribution in [0.1, 0.15) is 32.1 Å². The van der Waals surface area contributed by atoms with E-state index < -0.39 is 0 Å². The van der Waals surface area contributed by atoms with E-state index in [1.165, 1.54) is 0 Å². The lowest BCUT2D eigenvalue weighted by molar-refractivity contribution is 0.441. The Balaban J connectivity index is 2.55. The first-order valence-corrected chi connectivity index (χ1v) is 4.33. The first-order chi connectivity index (χ1) is 5.99. The van der Waals surface area contributed by atoms with E-state index in [0.717, 1.165) is 11.3 Å². The molecule has 0 saturated heterocycles. The van der Waals surface area contributed by atoms with E-state index in [9.17, 15) is 0 Å². The summed E-state index contributed by atoms with van der Waals surface area (Å²) < 4.78 is 5.19. The Kier molecular flexibility index (Phi) is 2.76. The van der Waals surface area contributed by atoms with Crippen LogP contribution in [0.15, 0.2) is 21.8 Å². The van der Waals surface area contributed by atoms with Crippen LogP contribution in [0, 0.1) is 6.92 Å². The number of aryl methyl sites for hydroxylation is 1. The number of hydrogen-bond donors (Lipinski definition) is 1. The molecule has 1 aromatic heterocycles. The first kappa shape index (κ1) is 9.84. The fourth-order valence-corrected chi connectivity index (χ4v) is 0.801. The van der Waals surface area contributed by atoms with Crippen molar-refractivity contribution in [2.75, 3.05) is 0 Å². The van der Waals surface area contributed by atoms with Gasteiger partial charge in [0.25, 0.3) is 0 Å². The zero-order valence-electron chi connectivity index (χ0n) is 8.59. The van der Waals surface area contributed by atoms with Crippen molar-refractivity contribution >= 4 is 6.21 Å². The van der Waals surface area contributed by atoms with Crippen molar-refractivity contribution in [3.05, 3.63) is 23.7 Å². The monoisotopic (exact) mass is 180 g/mol. The van der Waals surface area contributed by atoms with Crippen molar-refractivity contribution in [1.82, 2.24) is 5.43 Å². The van der Waals surface area contributed by atoms with Crippen molar-refractivity contribution < 1.29 is 4.42 Å². The van der Waals surface area contributed by atoms with Gasteiger partial charge in [-0.1, -0.05) is 0 Å². The molecule has 0 fully saturated rings. The average molecular weight is 180 g/mol. The lowest BCUT2D eigenvalue weighted by Crippen LogP contribution is -2.31. The van der Waals surface area contributed by atoms with Crippen LogP contribution in [-0.2, 0) is 0 Å². The SMILES string of the molecule is Cc1ccoc1/C=N/NC(C)(C)C. The lowest BCUT2D eigenvalue weighted by Gasteiger charge is -2.16. The molecule has 0 spiro atoms. The largest absolute Gasteiger partial charge is 0.463 e. The molecule has 0 atom stereocenters. The molecule has 0 radical (unpaired) electrons. The summed E-state index contributed by atoms with van der Waals surface area (Å²) in [5.41, 5.74) is 4.09. The summed E-state index contributed by atoms with van der Waals surface area (Å²) in [6, 6.07) is 1.92. The molecule has 3 nitrogen and oxygen atoms in total. The van der Waals surface area contributed by atoms with Gasteiger partial charge in [-0.2, -0.15) is 5.10 Å². The maximum Gasteiger partial charge on any atom is 0.149 e. The van der Waals surface area contributed by atoms with Gasteiger partial charge in [0.1, 0.15) is 5.76 Å². The molecule has 0 aliphatic carbocycles. The summed E-state index contributed by atoms with van der Waals surface area (Å²) in [6.45, 7) is 8.15. The minimum absolute atomic E-state index is 0.00298. The van der Waals surface area contributed by atoms with E-state index >= 15 is 0 Å². The molecule has 0 amide bonds. The zero-order chi connectivity index (χ0) is 9.90. The molecule has 1 N–H and O–H groups in total. The molecule has 3 heteroatoms.